The predicted molar refractivity (Wildman–Crippen MR) is 130 cm³/mol. The van der Waals surface area contributed by atoms with E-state index in [1.165, 1.54) is 5.56 Å². The van der Waals surface area contributed by atoms with Gasteiger partial charge in [0.1, 0.15) is 18.1 Å². The fourth-order valence-electron chi connectivity index (χ4n) is 2.81. The Morgan fingerprint density at radius 2 is 1.90 bits per heavy atom. The summed E-state index contributed by atoms with van der Waals surface area (Å²) in [5.41, 5.74) is 1.18. The average Bonchev–Trinajstić information content (AvgIpc) is 3.34. The lowest BCUT2D eigenvalue weighted by molar-refractivity contribution is 0.379. The van der Waals surface area contributed by atoms with Gasteiger partial charge in [0.05, 0.1) is 12.7 Å². The molecule has 3 aromatic rings. The lowest BCUT2D eigenvalue weighted by Gasteiger charge is -2.13. The minimum atomic E-state index is -0.0559. The molecule has 3 rings (SSSR count). The van der Waals surface area contributed by atoms with E-state index in [2.05, 4.69) is 63.1 Å². The van der Waals surface area contributed by atoms with Crippen LogP contribution in [0.4, 0.5) is 0 Å². The maximum absolute atomic E-state index is 5.84. The van der Waals surface area contributed by atoms with Crippen LogP contribution in [0.15, 0.2) is 58.3 Å². The fraction of sp³-hybridized carbons (Fsp3) is 0.409. The first-order valence-corrected chi connectivity index (χ1v) is 9.97. The molecule has 0 aliphatic heterocycles. The van der Waals surface area contributed by atoms with Gasteiger partial charge in [0.2, 0.25) is 5.89 Å². The zero-order valence-corrected chi connectivity index (χ0v) is 20.4. The number of nitrogens with zero attached hydrogens (tertiary/aromatic N) is 4. The van der Waals surface area contributed by atoms with Crippen molar-refractivity contribution in [2.75, 3.05) is 6.54 Å². The Bertz CT molecular complexity index is 927. The number of benzene rings is 1. The molecule has 0 amide bonds. The van der Waals surface area contributed by atoms with Crippen molar-refractivity contribution in [1.29, 1.82) is 0 Å². The Kier molecular flexibility index (Phi) is 8.88. The SMILES string of the molecule is CCNC(=NCc1nccn1Cc1ccccc1)NCc1ncc(C(C)(C)C)o1.I. The predicted octanol–water partition coefficient (Wildman–Crippen LogP) is 4.09. The molecule has 162 valence electrons. The van der Waals surface area contributed by atoms with Crippen molar-refractivity contribution >= 4 is 29.9 Å². The van der Waals surface area contributed by atoms with Gasteiger partial charge in [-0.25, -0.2) is 15.0 Å². The maximum atomic E-state index is 5.84. The van der Waals surface area contributed by atoms with Crippen LogP contribution in [0.1, 0.15) is 50.7 Å². The quantitative estimate of drug-likeness (QED) is 0.278. The highest BCUT2D eigenvalue weighted by molar-refractivity contribution is 14.0. The molecule has 0 spiro atoms. The minimum Gasteiger partial charge on any atom is -0.443 e. The molecule has 0 unspecified atom stereocenters. The fourth-order valence-corrected chi connectivity index (χ4v) is 2.81. The standard InChI is InChI=1S/C22H30N6O.HI/c1-5-23-21(27-15-20-25-13-18(29-20)22(2,3)4)26-14-19-24-11-12-28(19)16-17-9-7-6-8-10-17;/h6-13H,5,14-16H2,1-4H3,(H2,23,26,27);1H. The summed E-state index contributed by atoms with van der Waals surface area (Å²) in [4.78, 5) is 13.5. The topological polar surface area (TPSA) is 80.3 Å². The number of aromatic nitrogens is 3. The molecule has 7 nitrogen and oxygen atoms in total. The molecule has 0 bridgehead atoms. The van der Waals surface area contributed by atoms with Crippen LogP contribution in [0.2, 0.25) is 0 Å². The Balaban J connectivity index is 0.00000320. The highest BCUT2D eigenvalue weighted by Crippen LogP contribution is 2.22. The Labute approximate surface area is 195 Å². The summed E-state index contributed by atoms with van der Waals surface area (Å²) in [6.07, 6.45) is 5.59. The van der Waals surface area contributed by atoms with E-state index in [1.54, 1.807) is 6.20 Å². The van der Waals surface area contributed by atoms with Crippen LogP contribution >= 0.6 is 24.0 Å². The van der Waals surface area contributed by atoms with Gasteiger partial charge in [-0.3, -0.25) is 0 Å². The number of halogens is 1. The van der Waals surface area contributed by atoms with Crippen molar-refractivity contribution in [3.63, 3.8) is 0 Å². The second-order valence-corrected chi connectivity index (χ2v) is 7.87. The van der Waals surface area contributed by atoms with E-state index in [9.17, 15) is 0 Å². The Morgan fingerprint density at radius 1 is 1.13 bits per heavy atom. The van der Waals surface area contributed by atoms with Crippen LogP contribution in [0.3, 0.4) is 0 Å². The Hall–Kier alpha value is -2.36. The molecule has 1 aromatic carbocycles. The van der Waals surface area contributed by atoms with Crippen LogP contribution in [0.5, 0.6) is 0 Å². The molecule has 30 heavy (non-hydrogen) atoms. The van der Waals surface area contributed by atoms with E-state index in [-0.39, 0.29) is 29.4 Å². The zero-order valence-electron chi connectivity index (χ0n) is 18.1. The maximum Gasteiger partial charge on any atom is 0.213 e. The van der Waals surface area contributed by atoms with Crippen LogP contribution in [0.25, 0.3) is 0 Å². The van der Waals surface area contributed by atoms with E-state index in [1.807, 2.05) is 37.5 Å². The summed E-state index contributed by atoms with van der Waals surface area (Å²) in [5, 5.41) is 6.53. The van der Waals surface area contributed by atoms with Crippen molar-refractivity contribution < 1.29 is 4.42 Å². The van der Waals surface area contributed by atoms with Crippen molar-refractivity contribution in [3.8, 4) is 0 Å². The van der Waals surface area contributed by atoms with E-state index >= 15 is 0 Å². The van der Waals surface area contributed by atoms with E-state index in [0.29, 0.717) is 24.9 Å². The largest absolute Gasteiger partial charge is 0.443 e. The van der Waals surface area contributed by atoms with Gasteiger partial charge in [0.15, 0.2) is 5.96 Å². The molecule has 0 saturated heterocycles. The van der Waals surface area contributed by atoms with Crippen molar-refractivity contribution in [1.82, 2.24) is 25.2 Å². The molecular formula is C22H31IN6O. The number of hydrogen-bond donors (Lipinski definition) is 2. The van der Waals surface area contributed by atoms with Crippen LogP contribution in [0, 0.1) is 0 Å². The van der Waals surface area contributed by atoms with Crippen LogP contribution < -0.4 is 10.6 Å². The molecule has 0 radical (unpaired) electrons. The lowest BCUT2D eigenvalue weighted by atomic mass is 9.94. The van der Waals surface area contributed by atoms with Gasteiger partial charge in [0.25, 0.3) is 0 Å². The normalized spacial score (nSPS) is 11.8. The molecule has 0 fully saturated rings. The Morgan fingerprint density at radius 3 is 2.57 bits per heavy atom. The second kappa shape index (κ2) is 11.1. The smallest absolute Gasteiger partial charge is 0.213 e. The molecule has 0 saturated carbocycles. The lowest BCUT2D eigenvalue weighted by Crippen LogP contribution is -2.37. The number of imidazole rings is 1. The summed E-state index contributed by atoms with van der Waals surface area (Å²) < 4.78 is 7.96. The molecule has 0 atom stereocenters. The van der Waals surface area contributed by atoms with Crippen LogP contribution in [-0.2, 0) is 25.0 Å². The highest BCUT2D eigenvalue weighted by atomic mass is 127. The average molecular weight is 522 g/mol. The molecule has 8 heteroatoms. The summed E-state index contributed by atoms with van der Waals surface area (Å²) in [6, 6.07) is 10.3. The van der Waals surface area contributed by atoms with Gasteiger partial charge in [0, 0.05) is 30.9 Å². The third-order valence-electron chi connectivity index (χ3n) is 4.42. The molecule has 0 aliphatic carbocycles. The third-order valence-corrected chi connectivity index (χ3v) is 4.42. The van der Waals surface area contributed by atoms with E-state index in [4.69, 9.17) is 4.42 Å². The number of guanidine groups is 1. The number of aliphatic imine (C=N–C) groups is 1. The van der Waals surface area contributed by atoms with Gasteiger partial charge >= 0.3 is 0 Å². The summed E-state index contributed by atoms with van der Waals surface area (Å²) in [6.45, 7) is 10.9. The van der Waals surface area contributed by atoms with Gasteiger partial charge in [-0.15, -0.1) is 24.0 Å². The first-order valence-electron chi connectivity index (χ1n) is 9.97. The summed E-state index contributed by atoms with van der Waals surface area (Å²) in [5.74, 6) is 3.14. The summed E-state index contributed by atoms with van der Waals surface area (Å²) >= 11 is 0. The molecule has 2 aromatic heterocycles. The highest BCUT2D eigenvalue weighted by Gasteiger charge is 2.19. The zero-order chi connectivity index (χ0) is 20.7. The third kappa shape index (κ3) is 6.86. The van der Waals surface area contributed by atoms with Gasteiger partial charge in [-0.05, 0) is 12.5 Å². The van der Waals surface area contributed by atoms with Gasteiger partial charge in [-0.2, -0.15) is 0 Å². The molecule has 0 aliphatic rings. The van der Waals surface area contributed by atoms with Gasteiger partial charge < -0.3 is 19.6 Å². The number of hydrogen-bond acceptors (Lipinski definition) is 4. The molecular weight excluding hydrogens is 491 g/mol. The molecule has 2 N–H and O–H groups in total. The summed E-state index contributed by atoms with van der Waals surface area (Å²) in [7, 11) is 0. The van der Waals surface area contributed by atoms with E-state index < -0.39 is 0 Å². The number of nitrogens with one attached hydrogen (secondary N) is 2. The first-order chi connectivity index (χ1) is 14.0. The minimum absolute atomic E-state index is 0. The first kappa shape index (κ1) is 23.9. The van der Waals surface area contributed by atoms with E-state index in [0.717, 1.165) is 24.7 Å². The molecule has 2 heterocycles. The second-order valence-electron chi connectivity index (χ2n) is 7.87. The van der Waals surface area contributed by atoms with Crippen molar-refractivity contribution in [3.05, 3.63) is 72.0 Å². The van der Waals surface area contributed by atoms with Crippen molar-refractivity contribution in [2.45, 2.75) is 52.7 Å². The van der Waals surface area contributed by atoms with Crippen molar-refractivity contribution in [2.24, 2.45) is 4.99 Å². The monoisotopic (exact) mass is 522 g/mol. The number of oxazole rings is 1. The number of rotatable bonds is 7. The van der Waals surface area contributed by atoms with Gasteiger partial charge in [-0.1, -0.05) is 51.1 Å². The van der Waals surface area contributed by atoms with Crippen LogP contribution in [-0.4, -0.2) is 27.0 Å².